The first-order valence-corrected chi connectivity index (χ1v) is 5.30. The predicted molar refractivity (Wildman–Crippen MR) is 54.9 cm³/mol. The summed E-state index contributed by atoms with van der Waals surface area (Å²) in [5.74, 6) is 0.763. The zero-order chi connectivity index (χ0) is 10.4. The number of hydrogen-bond acceptors (Lipinski definition) is 3. The monoisotopic (exact) mass is 200 g/mol. The van der Waals surface area contributed by atoms with Crippen LogP contribution >= 0.6 is 0 Å². The maximum absolute atomic E-state index is 11.4. The molecule has 1 rings (SSSR count). The predicted octanol–water partition coefficient (Wildman–Crippen LogP) is -0.269. The summed E-state index contributed by atoms with van der Waals surface area (Å²) in [6, 6.07) is 0. The second-order valence-corrected chi connectivity index (χ2v) is 4.15. The van der Waals surface area contributed by atoms with Crippen molar-refractivity contribution in [1.29, 1.82) is 0 Å². The first kappa shape index (κ1) is 11.5. The van der Waals surface area contributed by atoms with Crippen LogP contribution in [0.15, 0.2) is 0 Å². The molecule has 1 saturated heterocycles. The lowest BCUT2D eigenvalue weighted by Gasteiger charge is -2.11. The average Bonchev–Trinajstić information content (AvgIpc) is 2.66. The number of rotatable bonds is 5. The maximum Gasteiger partial charge on any atom is 0.220 e. The molecule has 0 saturated carbocycles. The highest BCUT2D eigenvalue weighted by molar-refractivity contribution is 5.76. The van der Waals surface area contributed by atoms with Crippen molar-refractivity contribution in [1.82, 2.24) is 10.6 Å². The number of hydrogen-bond donors (Lipinski definition) is 3. The van der Waals surface area contributed by atoms with Crippen LogP contribution in [0.5, 0.6) is 0 Å². The SMILES string of the molecule is CC(CO)CNC(=O)CC1CCNC1. The van der Waals surface area contributed by atoms with E-state index < -0.39 is 0 Å². The van der Waals surface area contributed by atoms with Gasteiger partial charge in [-0.2, -0.15) is 0 Å². The molecule has 0 aromatic heterocycles. The van der Waals surface area contributed by atoms with Crippen LogP contribution in [0.4, 0.5) is 0 Å². The van der Waals surface area contributed by atoms with Gasteiger partial charge >= 0.3 is 0 Å². The average molecular weight is 200 g/mol. The number of carbonyl (C=O) groups is 1. The highest BCUT2D eigenvalue weighted by Crippen LogP contribution is 2.11. The van der Waals surface area contributed by atoms with E-state index in [9.17, 15) is 4.79 Å². The molecule has 4 nitrogen and oxygen atoms in total. The van der Waals surface area contributed by atoms with Crippen molar-refractivity contribution in [2.24, 2.45) is 11.8 Å². The zero-order valence-corrected chi connectivity index (χ0v) is 8.75. The maximum atomic E-state index is 11.4. The first-order valence-electron chi connectivity index (χ1n) is 5.30. The largest absolute Gasteiger partial charge is 0.396 e. The second-order valence-electron chi connectivity index (χ2n) is 4.15. The van der Waals surface area contributed by atoms with Gasteiger partial charge in [0, 0.05) is 19.6 Å². The van der Waals surface area contributed by atoms with Crippen LogP contribution in [0.3, 0.4) is 0 Å². The smallest absolute Gasteiger partial charge is 0.220 e. The lowest BCUT2D eigenvalue weighted by Crippen LogP contribution is -2.31. The summed E-state index contributed by atoms with van der Waals surface area (Å²) in [5, 5.41) is 14.8. The summed E-state index contributed by atoms with van der Waals surface area (Å²) < 4.78 is 0. The van der Waals surface area contributed by atoms with Crippen molar-refractivity contribution in [3.05, 3.63) is 0 Å². The molecule has 1 heterocycles. The summed E-state index contributed by atoms with van der Waals surface area (Å²) in [4.78, 5) is 11.4. The lowest BCUT2D eigenvalue weighted by atomic mass is 10.0. The Kier molecular flexibility index (Phi) is 4.90. The first-order chi connectivity index (χ1) is 6.72. The van der Waals surface area contributed by atoms with Crippen LogP contribution in [0.1, 0.15) is 19.8 Å². The van der Waals surface area contributed by atoms with Gasteiger partial charge < -0.3 is 15.7 Å². The Bertz CT molecular complexity index is 179. The van der Waals surface area contributed by atoms with E-state index in [1.807, 2.05) is 6.92 Å². The van der Waals surface area contributed by atoms with Gasteiger partial charge in [-0.1, -0.05) is 6.92 Å². The summed E-state index contributed by atoms with van der Waals surface area (Å²) in [7, 11) is 0. The Balaban J connectivity index is 2.09. The molecule has 0 aromatic rings. The van der Waals surface area contributed by atoms with E-state index >= 15 is 0 Å². The molecular weight excluding hydrogens is 180 g/mol. The molecular formula is C10H20N2O2. The van der Waals surface area contributed by atoms with Crippen LogP contribution in [0.2, 0.25) is 0 Å². The van der Waals surface area contributed by atoms with Crippen LogP contribution in [-0.2, 0) is 4.79 Å². The Morgan fingerprint density at radius 3 is 3.07 bits per heavy atom. The molecule has 4 heteroatoms. The third-order valence-corrected chi connectivity index (χ3v) is 2.60. The molecule has 1 fully saturated rings. The van der Waals surface area contributed by atoms with Crippen LogP contribution in [-0.4, -0.2) is 37.3 Å². The standard InChI is InChI=1S/C10H20N2O2/c1-8(7-13)5-12-10(14)4-9-2-3-11-6-9/h8-9,11,13H,2-7H2,1H3,(H,12,14). The van der Waals surface area contributed by atoms with E-state index in [0.717, 1.165) is 19.5 Å². The Morgan fingerprint density at radius 1 is 1.71 bits per heavy atom. The van der Waals surface area contributed by atoms with Gasteiger partial charge in [-0.3, -0.25) is 4.79 Å². The number of aliphatic hydroxyl groups excluding tert-OH is 1. The van der Waals surface area contributed by atoms with Gasteiger partial charge in [0.1, 0.15) is 0 Å². The minimum atomic E-state index is 0.110. The number of carbonyl (C=O) groups excluding carboxylic acids is 1. The fourth-order valence-corrected chi connectivity index (χ4v) is 1.58. The Labute approximate surface area is 85.1 Å². The van der Waals surface area contributed by atoms with E-state index in [1.165, 1.54) is 0 Å². The number of aliphatic hydroxyl groups is 1. The highest BCUT2D eigenvalue weighted by Gasteiger charge is 2.17. The van der Waals surface area contributed by atoms with Crippen molar-refractivity contribution in [3.63, 3.8) is 0 Å². The normalized spacial score (nSPS) is 23.4. The van der Waals surface area contributed by atoms with E-state index in [0.29, 0.717) is 18.9 Å². The number of nitrogens with one attached hydrogen (secondary N) is 2. The van der Waals surface area contributed by atoms with Crippen LogP contribution in [0.25, 0.3) is 0 Å². The summed E-state index contributed by atoms with van der Waals surface area (Å²) in [5.41, 5.74) is 0. The third-order valence-electron chi connectivity index (χ3n) is 2.60. The molecule has 0 bridgehead atoms. The van der Waals surface area contributed by atoms with E-state index in [1.54, 1.807) is 0 Å². The van der Waals surface area contributed by atoms with Gasteiger partial charge in [-0.25, -0.2) is 0 Å². The van der Waals surface area contributed by atoms with Gasteiger partial charge in [0.05, 0.1) is 0 Å². The number of amides is 1. The summed E-state index contributed by atoms with van der Waals surface area (Å²) >= 11 is 0. The molecule has 14 heavy (non-hydrogen) atoms. The van der Waals surface area contributed by atoms with Crippen molar-refractivity contribution < 1.29 is 9.90 Å². The minimum Gasteiger partial charge on any atom is -0.396 e. The quantitative estimate of drug-likeness (QED) is 0.572. The molecule has 0 aromatic carbocycles. The fraction of sp³-hybridized carbons (Fsp3) is 0.900. The molecule has 0 radical (unpaired) electrons. The molecule has 0 aliphatic carbocycles. The van der Waals surface area contributed by atoms with Crippen molar-refractivity contribution in [2.45, 2.75) is 19.8 Å². The molecule has 2 unspecified atom stereocenters. The molecule has 0 spiro atoms. The molecule has 1 aliphatic heterocycles. The second kappa shape index (κ2) is 5.98. The van der Waals surface area contributed by atoms with E-state index in [2.05, 4.69) is 10.6 Å². The van der Waals surface area contributed by atoms with E-state index in [-0.39, 0.29) is 18.4 Å². The minimum absolute atomic E-state index is 0.110. The van der Waals surface area contributed by atoms with E-state index in [4.69, 9.17) is 5.11 Å². The van der Waals surface area contributed by atoms with Gasteiger partial charge in [0.25, 0.3) is 0 Å². The van der Waals surface area contributed by atoms with Crippen molar-refractivity contribution in [3.8, 4) is 0 Å². The summed E-state index contributed by atoms with van der Waals surface area (Å²) in [6.07, 6.45) is 1.72. The van der Waals surface area contributed by atoms with Crippen molar-refractivity contribution >= 4 is 5.91 Å². The van der Waals surface area contributed by atoms with Gasteiger partial charge in [-0.05, 0) is 31.3 Å². The Hall–Kier alpha value is -0.610. The van der Waals surface area contributed by atoms with Gasteiger partial charge in [-0.15, -0.1) is 0 Å². The van der Waals surface area contributed by atoms with Gasteiger partial charge in [0.2, 0.25) is 5.91 Å². The van der Waals surface area contributed by atoms with Crippen molar-refractivity contribution in [2.75, 3.05) is 26.2 Å². The molecule has 1 aliphatic rings. The third kappa shape index (κ3) is 4.07. The molecule has 82 valence electrons. The molecule has 3 N–H and O–H groups in total. The van der Waals surface area contributed by atoms with Crippen LogP contribution in [0, 0.1) is 11.8 Å². The van der Waals surface area contributed by atoms with Gasteiger partial charge in [0.15, 0.2) is 0 Å². The highest BCUT2D eigenvalue weighted by atomic mass is 16.3. The lowest BCUT2D eigenvalue weighted by molar-refractivity contribution is -0.122. The van der Waals surface area contributed by atoms with Crippen LogP contribution < -0.4 is 10.6 Å². The Morgan fingerprint density at radius 2 is 2.50 bits per heavy atom. The fourth-order valence-electron chi connectivity index (χ4n) is 1.58. The topological polar surface area (TPSA) is 61.4 Å². The molecule has 1 amide bonds. The summed E-state index contributed by atoms with van der Waals surface area (Å²) in [6.45, 7) is 4.62. The zero-order valence-electron chi connectivity index (χ0n) is 8.75. The molecule has 2 atom stereocenters.